The molecule has 15 heavy (non-hydrogen) atoms. The second kappa shape index (κ2) is 5.28. The lowest BCUT2D eigenvalue weighted by Crippen LogP contribution is -2.17. The van der Waals surface area contributed by atoms with Gasteiger partial charge in [-0.2, -0.15) is 0 Å². The molecule has 1 rings (SSSR count). The molecule has 0 radical (unpaired) electrons. The summed E-state index contributed by atoms with van der Waals surface area (Å²) in [7, 11) is 1.63. The van der Waals surface area contributed by atoms with Crippen molar-refractivity contribution in [1.82, 2.24) is 0 Å². The van der Waals surface area contributed by atoms with E-state index in [0.29, 0.717) is 6.42 Å². The average molecular weight is 227 g/mol. The van der Waals surface area contributed by atoms with Gasteiger partial charge in [-0.05, 0) is 37.3 Å². The van der Waals surface area contributed by atoms with Gasteiger partial charge in [0.1, 0.15) is 11.5 Å². The summed E-state index contributed by atoms with van der Waals surface area (Å²) in [5.74, 6) is 1.08. The average Bonchev–Trinajstić information content (AvgIpc) is 2.19. The van der Waals surface area contributed by atoms with Crippen LogP contribution in [0.5, 0.6) is 11.5 Å². The maximum Gasteiger partial charge on any atom is 0.132 e. The molecule has 4 heteroatoms. The fourth-order valence-corrected chi connectivity index (χ4v) is 1.99. The molecule has 0 saturated heterocycles. The molecule has 0 aliphatic heterocycles. The number of phenols is 1. The summed E-state index contributed by atoms with van der Waals surface area (Å²) in [6.45, 7) is 1.91. The highest BCUT2D eigenvalue weighted by Gasteiger charge is 2.10. The van der Waals surface area contributed by atoms with E-state index in [4.69, 9.17) is 10.5 Å². The van der Waals surface area contributed by atoms with Crippen LogP contribution < -0.4 is 10.5 Å². The van der Waals surface area contributed by atoms with Crippen LogP contribution in [0.3, 0.4) is 0 Å². The van der Waals surface area contributed by atoms with Crippen LogP contribution in [0.4, 0.5) is 0 Å². The highest BCUT2D eigenvalue weighted by atomic mass is 32.2. The third-order valence-corrected chi connectivity index (χ3v) is 2.89. The molecule has 0 unspecified atom stereocenters. The zero-order valence-corrected chi connectivity index (χ0v) is 10.1. The van der Waals surface area contributed by atoms with Gasteiger partial charge in [0.05, 0.1) is 12.0 Å². The van der Waals surface area contributed by atoms with E-state index < -0.39 is 0 Å². The largest absolute Gasteiger partial charge is 0.508 e. The van der Waals surface area contributed by atoms with Crippen molar-refractivity contribution in [3.8, 4) is 11.5 Å². The molecule has 1 atom stereocenters. The number of phenolic OH excluding ortho intramolecular Hbond substituents is 1. The molecule has 0 aromatic heterocycles. The van der Waals surface area contributed by atoms with E-state index in [0.717, 1.165) is 16.2 Å². The predicted octanol–water partition coefficient (Wildman–Crippen LogP) is 2.01. The van der Waals surface area contributed by atoms with Crippen molar-refractivity contribution in [2.75, 3.05) is 13.4 Å². The van der Waals surface area contributed by atoms with Gasteiger partial charge in [0.15, 0.2) is 0 Å². The van der Waals surface area contributed by atoms with Crippen LogP contribution in [0, 0.1) is 0 Å². The van der Waals surface area contributed by atoms with Gasteiger partial charge in [-0.15, -0.1) is 11.8 Å². The van der Waals surface area contributed by atoms with Crippen molar-refractivity contribution in [3.05, 3.63) is 17.7 Å². The van der Waals surface area contributed by atoms with Gasteiger partial charge in [0, 0.05) is 6.04 Å². The summed E-state index contributed by atoms with van der Waals surface area (Å²) in [6, 6.07) is 3.60. The fourth-order valence-electron chi connectivity index (χ4n) is 1.42. The predicted molar refractivity (Wildman–Crippen MR) is 63.8 cm³/mol. The first-order valence-corrected chi connectivity index (χ1v) is 6.00. The first kappa shape index (κ1) is 12.2. The Morgan fingerprint density at radius 3 is 2.67 bits per heavy atom. The molecule has 84 valence electrons. The first-order valence-electron chi connectivity index (χ1n) is 4.78. The summed E-state index contributed by atoms with van der Waals surface area (Å²) < 4.78 is 5.24. The number of nitrogens with two attached hydrogens (primary N) is 1. The standard InChI is InChI=1S/C11H17NO2S/c1-7(12)4-8-5-10(14-2)11(15-3)6-9(8)13/h5-7,13H,4,12H2,1-3H3/t7-/m0/s1. The van der Waals surface area contributed by atoms with Crippen LogP contribution in [0.15, 0.2) is 17.0 Å². The van der Waals surface area contributed by atoms with Crippen LogP contribution in [-0.4, -0.2) is 24.5 Å². The number of hydrogen-bond donors (Lipinski definition) is 2. The van der Waals surface area contributed by atoms with Gasteiger partial charge >= 0.3 is 0 Å². The molecule has 0 aliphatic rings. The van der Waals surface area contributed by atoms with Crippen LogP contribution in [-0.2, 0) is 6.42 Å². The van der Waals surface area contributed by atoms with E-state index in [9.17, 15) is 5.11 Å². The van der Waals surface area contributed by atoms with Crippen LogP contribution in [0.25, 0.3) is 0 Å². The molecule has 0 amide bonds. The number of benzene rings is 1. The number of methoxy groups -OCH3 is 1. The summed E-state index contributed by atoms with van der Waals surface area (Å²) in [6.07, 6.45) is 2.60. The molecule has 0 fully saturated rings. The van der Waals surface area contributed by atoms with Crippen molar-refractivity contribution in [2.24, 2.45) is 5.73 Å². The Morgan fingerprint density at radius 1 is 1.53 bits per heavy atom. The molecule has 1 aromatic rings. The highest BCUT2D eigenvalue weighted by molar-refractivity contribution is 7.98. The Bertz CT molecular complexity index is 340. The van der Waals surface area contributed by atoms with Crippen LogP contribution >= 0.6 is 11.8 Å². The molecule has 0 saturated carbocycles. The van der Waals surface area contributed by atoms with E-state index in [-0.39, 0.29) is 11.8 Å². The molecule has 3 nitrogen and oxygen atoms in total. The van der Waals surface area contributed by atoms with Gasteiger partial charge in [-0.25, -0.2) is 0 Å². The summed E-state index contributed by atoms with van der Waals surface area (Å²) >= 11 is 1.55. The van der Waals surface area contributed by atoms with Crippen molar-refractivity contribution in [2.45, 2.75) is 24.3 Å². The van der Waals surface area contributed by atoms with E-state index in [1.54, 1.807) is 24.9 Å². The van der Waals surface area contributed by atoms with Crippen molar-refractivity contribution in [3.63, 3.8) is 0 Å². The number of rotatable bonds is 4. The lowest BCUT2D eigenvalue weighted by molar-refractivity contribution is 0.399. The minimum Gasteiger partial charge on any atom is -0.508 e. The minimum absolute atomic E-state index is 0.0285. The number of thioether (sulfide) groups is 1. The summed E-state index contributed by atoms with van der Waals surface area (Å²) in [5, 5.41) is 9.77. The molecule has 3 N–H and O–H groups in total. The van der Waals surface area contributed by atoms with Gasteiger partial charge in [-0.1, -0.05) is 0 Å². The van der Waals surface area contributed by atoms with E-state index >= 15 is 0 Å². The maximum atomic E-state index is 9.77. The fraction of sp³-hybridized carbons (Fsp3) is 0.455. The molecule has 1 aromatic carbocycles. The minimum atomic E-state index is 0.0285. The Labute approximate surface area is 94.6 Å². The summed E-state index contributed by atoms with van der Waals surface area (Å²) in [4.78, 5) is 0.934. The monoisotopic (exact) mass is 227 g/mol. The van der Waals surface area contributed by atoms with Crippen LogP contribution in [0.2, 0.25) is 0 Å². The Kier molecular flexibility index (Phi) is 4.29. The first-order chi connectivity index (χ1) is 7.08. The van der Waals surface area contributed by atoms with E-state index in [1.807, 2.05) is 19.2 Å². The number of hydrogen-bond acceptors (Lipinski definition) is 4. The third-order valence-electron chi connectivity index (χ3n) is 2.13. The second-order valence-corrected chi connectivity index (χ2v) is 4.37. The maximum absolute atomic E-state index is 9.77. The quantitative estimate of drug-likeness (QED) is 0.773. The lowest BCUT2D eigenvalue weighted by Gasteiger charge is -2.12. The van der Waals surface area contributed by atoms with E-state index in [2.05, 4.69) is 0 Å². The van der Waals surface area contributed by atoms with Crippen LogP contribution in [0.1, 0.15) is 12.5 Å². The third kappa shape index (κ3) is 3.04. The Hall–Kier alpha value is -0.870. The molecule has 0 bridgehead atoms. The molecule has 0 heterocycles. The van der Waals surface area contributed by atoms with Gasteiger partial charge in [0.2, 0.25) is 0 Å². The molecular formula is C11H17NO2S. The van der Waals surface area contributed by atoms with Gasteiger partial charge in [-0.3, -0.25) is 0 Å². The van der Waals surface area contributed by atoms with E-state index in [1.165, 1.54) is 0 Å². The SMILES string of the molecule is COc1cc(C[C@H](C)N)c(O)cc1SC. The van der Waals surface area contributed by atoms with Gasteiger partial charge in [0.25, 0.3) is 0 Å². The Balaban J connectivity index is 3.08. The normalized spacial score (nSPS) is 12.5. The number of ether oxygens (including phenoxy) is 1. The Morgan fingerprint density at radius 2 is 2.20 bits per heavy atom. The van der Waals surface area contributed by atoms with Crippen molar-refractivity contribution < 1.29 is 9.84 Å². The van der Waals surface area contributed by atoms with Crippen molar-refractivity contribution in [1.29, 1.82) is 0 Å². The second-order valence-electron chi connectivity index (χ2n) is 3.52. The zero-order valence-electron chi connectivity index (χ0n) is 9.28. The number of aromatic hydroxyl groups is 1. The molecule has 0 spiro atoms. The lowest BCUT2D eigenvalue weighted by atomic mass is 10.1. The topological polar surface area (TPSA) is 55.5 Å². The summed E-state index contributed by atoms with van der Waals surface area (Å²) in [5.41, 5.74) is 6.53. The molecule has 0 aliphatic carbocycles. The smallest absolute Gasteiger partial charge is 0.132 e. The molecular weight excluding hydrogens is 210 g/mol. The van der Waals surface area contributed by atoms with Gasteiger partial charge < -0.3 is 15.6 Å². The zero-order chi connectivity index (χ0) is 11.4. The van der Waals surface area contributed by atoms with Crippen molar-refractivity contribution >= 4 is 11.8 Å². The highest BCUT2D eigenvalue weighted by Crippen LogP contribution is 2.34.